The van der Waals surface area contributed by atoms with E-state index in [1.54, 1.807) is 0 Å². The van der Waals surface area contributed by atoms with Gasteiger partial charge < -0.3 is 10.7 Å². The number of fused-ring (bicyclic) bond motifs is 1. The monoisotopic (exact) mass is 345 g/mol. The van der Waals surface area contributed by atoms with Crippen LogP contribution in [0.4, 0.5) is 0 Å². The molecule has 0 radical (unpaired) electrons. The van der Waals surface area contributed by atoms with Crippen LogP contribution in [0.1, 0.15) is 17.0 Å². The third kappa shape index (κ3) is 2.91. The molecule has 0 atom stereocenters. The minimum Gasteiger partial charge on any atom is -0.354 e. The molecule has 0 saturated heterocycles. The molecule has 4 rings (SSSR count). The average molecular weight is 345 g/mol. The number of H-pyrrole nitrogens is 1. The highest BCUT2D eigenvalue weighted by atomic mass is 15.3. The van der Waals surface area contributed by atoms with Crippen molar-refractivity contribution in [3.63, 3.8) is 0 Å². The molecular formula is C21H23N5. The molecule has 132 valence electrons. The van der Waals surface area contributed by atoms with Crippen LogP contribution in [0, 0.1) is 20.8 Å². The molecule has 4 aromatic rings. The van der Waals surface area contributed by atoms with Crippen molar-refractivity contribution < 1.29 is 0 Å². The van der Waals surface area contributed by atoms with Gasteiger partial charge in [-0.2, -0.15) is 5.10 Å². The number of hydrogen-bond donors (Lipinski definition) is 2. The van der Waals surface area contributed by atoms with Crippen molar-refractivity contribution in [2.45, 2.75) is 27.3 Å². The molecule has 0 unspecified atom stereocenters. The first kappa shape index (κ1) is 16.5. The number of nitrogens with zero attached hydrogens (tertiary/aromatic N) is 3. The van der Waals surface area contributed by atoms with E-state index in [1.807, 2.05) is 30.9 Å². The lowest BCUT2D eigenvalue weighted by Gasteiger charge is -2.04. The van der Waals surface area contributed by atoms with E-state index in [2.05, 4.69) is 52.3 Å². The zero-order valence-electron chi connectivity index (χ0n) is 15.4. The Morgan fingerprint density at radius 3 is 2.50 bits per heavy atom. The maximum atomic E-state index is 5.61. The minimum atomic E-state index is 0.587. The Morgan fingerprint density at radius 2 is 1.77 bits per heavy atom. The Labute approximate surface area is 152 Å². The smallest absolute Gasteiger partial charge is 0.0568 e. The summed E-state index contributed by atoms with van der Waals surface area (Å²) in [5.41, 5.74) is 14.7. The van der Waals surface area contributed by atoms with Crippen LogP contribution in [0.3, 0.4) is 0 Å². The lowest BCUT2D eigenvalue weighted by molar-refractivity contribution is 0.625. The first-order valence-corrected chi connectivity index (χ1v) is 8.86. The van der Waals surface area contributed by atoms with Crippen molar-refractivity contribution >= 4 is 10.9 Å². The summed E-state index contributed by atoms with van der Waals surface area (Å²) in [6.45, 7) is 7.55. The Kier molecular flexibility index (Phi) is 4.09. The Bertz CT molecular complexity index is 1070. The van der Waals surface area contributed by atoms with Gasteiger partial charge in [-0.3, -0.25) is 9.67 Å². The SMILES string of the molecule is Cc1cc(-c2[nH]c3cc(-c4cnn(CCN)c4)ccc3c2C)cc(C)n1. The van der Waals surface area contributed by atoms with Gasteiger partial charge in [-0.1, -0.05) is 12.1 Å². The summed E-state index contributed by atoms with van der Waals surface area (Å²) in [6.07, 6.45) is 3.93. The van der Waals surface area contributed by atoms with Crippen molar-refractivity contribution in [2.75, 3.05) is 6.54 Å². The Hall–Kier alpha value is -2.92. The summed E-state index contributed by atoms with van der Waals surface area (Å²) in [4.78, 5) is 8.08. The molecule has 5 heteroatoms. The van der Waals surface area contributed by atoms with Gasteiger partial charge >= 0.3 is 0 Å². The fourth-order valence-electron chi connectivity index (χ4n) is 3.55. The number of aromatic amines is 1. The van der Waals surface area contributed by atoms with Crippen LogP contribution in [0.15, 0.2) is 42.7 Å². The van der Waals surface area contributed by atoms with Gasteiger partial charge in [0.15, 0.2) is 0 Å². The van der Waals surface area contributed by atoms with Crippen LogP contribution in [0.2, 0.25) is 0 Å². The van der Waals surface area contributed by atoms with E-state index >= 15 is 0 Å². The Balaban J connectivity index is 1.79. The fraction of sp³-hybridized carbons (Fsp3) is 0.238. The molecule has 26 heavy (non-hydrogen) atoms. The zero-order chi connectivity index (χ0) is 18.3. The van der Waals surface area contributed by atoms with E-state index in [0.29, 0.717) is 6.54 Å². The highest BCUT2D eigenvalue weighted by Gasteiger charge is 2.12. The summed E-state index contributed by atoms with van der Waals surface area (Å²) in [7, 11) is 0. The van der Waals surface area contributed by atoms with E-state index < -0.39 is 0 Å². The summed E-state index contributed by atoms with van der Waals surface area (Å²) in [6, 6.07) is 10.8. The molecule has 0 bridgehead atoms. The summed E-state index contributed by atoms with van der Waals surface area (Å²) in [5.74, 6) is 0. The molecule has 5 nitrogen and oxygen atoms in total. The third-order valence-electron chi connectivity index (χ3n) is 4.75. The number of aryl methyl sites for hydroxylation is 3. The molecule has 3 N–H and O–H groups in total. The quantitative estimate of drug-likeness (QED) is 0.588. The van der Waals surface area contributed by atoms with Gasteiger partial charge in [-0.15, -0.1) is 0 Å². The lowest BCUT2D eigenvalue weighted by Crippen LogP contribution is -2.09. The molecule has 0 aliphatic rings. The van der Waals surface area contributed by atoms with Gasteiger partial charge in [0.05, 0.1) is 12.7 Å². The molecule has 0 fully saturated rings. The third-order valence-corrected chi connectivity index (χ3v) is 4.75. The normalized spacial score (nSPS) is 11.4. The van der Waals surface area contributed by atoms with Crippen LogP contribution in [0.5, 0.6) is 0 Å². The van der Waals surface area contributed by atoms with Crippen LogP contribution in [0.25, 0.3) is 33.3 Å². The number of hydrogen-bond acceptors (Lipinski definition) is 3. The number of nitrogens with one attached hydrogen (secondary N) is 1. The second-order valence-corrected chi connectivity index (χ2v) is 6.80. The van der Waals surface area contributed by atoms with Crippen LogP contribution >= 0.6 is 0 Å². The molecular weight excluding hydrogens is 322 g/mol. The molecule has 0 aliphatic carbocycles. The average Bonchev–Trinajstić information content (AvgIpc) is 3.19. The Morgan fingerprint density at radius 1 is 1.00 bits per heavy atom. The van der Waals surface area contributed by atoms with E-state index in [0.717, 1.165) is 40.3 Å². The van der Waals surface area contributed by atoms with Crippen molar-refractivity contribution in [1.29, 1.82) is 0 Å². The van der Waals surface area contributed by atoms with E-state index in [1.165, 1.54) is 16.5 Å². The number of rotatable bonds is 4. The molecule has 3 heterocycles. The number of aromatic nitrogens is 4. The standard InChI is InChI=1S/C21H23N5/c1-13-8-17(9-14(2)24-13)21-15(3)19-5-4-16(10-20(19)25-21)18-11-23-26(12-18)7-6-22/h4-5,8-12,25H,6-7,22H2,1-3H3. The second-order valence-electron chi connectivity index (χ2n) is 6.80. The van der Waals surface area contributed by atoms with E-state index in [9.17, 15) is 0 Å². The van der Waals surface area contributed by atoms with Gasteiger partial charge in [0.1, 0.15) is 0 Å². The maximum absolute atomic E-state index is 5.61. The first-order chi connectivity index (χ1) is 12.5. The second kappa shape index (κ2) is 6.42. The molecule has 0 spiro atoms. The molecule has 0 amide bonds. The van der Waals surface area contributed by atoms with Gasteiger partial charge in [0.2, 0.25) is 0 Å². The number of benzene rings is 1. The molecule has 0 saturated carbocycles. The first-order valence-electron chi connectivity index (χ1n) is 8.86. The fourth-order valence-corrected chi connectivity index (χ4v) is 3.55. The van der Waals surface area contributed by atoms with Crippen molar-refractivity contribution in [2.24, 2.45) is 5.73 Å². The lowest BCUT2D eigenvalue weighted by atomic mass is 10.0. The highest BCUT2D eigenvalue weighted by molar-refractivity contribution is 5.93. The minimum absolute atomic E-state index is 0.587. The van der Waals surface area contributed by atoms with Crippen molar-refractivity contribution in [1.82, 2.24) is 19.7 Å². The number of nitrogens with two attached hydrogens (primary N) is 1. The van der Waals surface area contributed by atoms with E-state index in [-0.39, 0.29) is 0 Å². The molecule has 3 aromatic heterocycles. The van der Waals surface area contributed by atoms with Gasteiger partial charge in [-0.05, 0) is 50.1 Å². The summed E-state index contributed by atoms with van der Waals surface area (Å²) < 4.78 is 1.88. The van der Waals surface area contributed by atoms with Crippen LogP contribution in [-0.2, 0) is 6.54 Å². The van der Waals surface area contributed by atoms with Gasteiger partial charge in [0, 0.05) is 51.9 Å². The van der Waals surface area contributed by atoms with Gasteiger partial charge in [-0.25, -0.2) is 0 Å². The van der Waals surface area contributed by atoms with Crippen LogP contribution < -0.4 is 5.73 Å². The summed E-state index contributed by atoms with van der Waals surface area (Å²) in [5, 5.41) is 5.61. The van der Waals surface area contributed by atoms with Crippen LogP contribution in [-0.4, -0.2) is 26.3 Å². The number of pyridine rings is 1. The predicted molar refractivity (Wildman–Crippen MR) is 106 cm³/mol. The van der Waals surface area contributed by atoms with Crippen molar-refractivity contribution in [3.05, 3.63) is 59.7 Å². The van der Waals surface area contributed by atoms with Crippen molar-refractivity contribution in [3.8, 4) is 22.4 Å². The molecule has 1 aromatic carbocycles. The largest absolute Gasteiger partial charge is 0.354 e. The zero-order valence-corrected chi connectivity index (χ0v) is 15.4. The topological polar surface area (TPSA) is 72.5 Å². The predicted octanol–water partition coefficient (Wildman–Crippen LogP) is 3.98. The van der Waals surface area contributed by atoms with Gasteiger partial charge in [0.25, 0.3) is 0 Å². The highest BCUT2D eigenvalue weighted by Crippen LogP contribution is 2.32. The molecule has 0 aliphatic heterocycles. The maximum Gasteiger partial charge on any atom is 0.0568 e. The van der Waals surface area contributed by atoms with E-state index in [4.69, 9.17) is 5.73 Å². The summed E-state index contributed by atoms with van der Waals surface area (Å²) >= 11 is 0.